The van der Waals surface area contributed by atoms with Crippen LogP contribution in [0.5, 0.6) is 0 Å². The number of aliphatic hydroxyl groups is 4. The third-order valence-corrected chi connectivity index (χ3v) is 6.04. The summed E-state index contributed by atoms with van der Waals surface area (Å²) in [7, 11) is -4.54. The van der Waals surface area contributed by atoms with Gasteiger partial charge in [0.25, 0.3) is 10.1 Å². The zero-order valence-electron chi connectivity index (χ0n) is 14.0. The van der Waals surface area contributed by atoms with Crippen molar-refractivity contribution < 1.29 is 42.6 Å². The third-order valence-electron chi connectivity index (χ3n) is 3.37. The molecule has 14 heteroatoms. The van der Waals surface area contributed by atoms with Gasteiger partial charge in [-0.15, -0.1) is 11.3 Å². The van der Waals surface area contributed by atoms with Gasteiger partial charge in [0.1, 0.15) is 16.4 Å². The van der Waals surface area contributed by atoms with Crippen LogP contribution in [0.1, 0.15) is 9.67 Å². The van der Waals surface area contributed by atoms with Gasteiger partial charge < -0.3 is 36.6 Å². The summed E-state index contributed by atoms with van der Waals surface area (Å²) in [6.45, 7) is -4.21. The van der Waals surface area contributed by atoms with Gasteiger partial charge in [0.05, 0.1) is 48.4 Å². The number of esters is 1. The van der Waals surface area contributed by atoms with Gasteiger partial charge in [0.2, 0.25) is 0 Å². The van der Waals surface area contributed by atoms with E-state index in [1.165, 1.54) is 0 Å². The topological polar surface area (TPSA) is 203 Å². The van der Waals surface area contributed by atoms with E-state index < -0.39 is 76.6 Å². The van der Waals surface area contributed by atoms with E-state index in [0.29, 0.717) is 11.3 Å². The maximum atomic E-state index is 12.4. The van der Waals surface area contributed by atoms with E-state index in [0.717, 1.165) is 6.07 Å². The van der Waals surface area contributed by atoms with E-state index >= 15 is 0 Å². The molecule has 1 rings (SSSR count). The van der Waals surface area contributed by atoms with Gasteiger partial charge in [0, 0.05) is 0 Å². The molecule has 0 saturated heterocycles. The molecule has 0 aliphatic rings. The molecule has 27 heavy (non-hydrogen) atoms. The minimum absolute atomic E-state index is 0.0595. The Bertz CT molecular complexity index is 745. The Labute approximate surface area is 164 Å². The van der Waals surface area contributed by atoms with E-state index in [9.17, 15) is 13.2 Å². The zero-order chi connectivity index (χ0) is 20.9. The molecule has 0 spiro atoms. The number of rotatable bonds is 11. The first kappa shape index (κ1) is 24.2. The second-order valence-electron chi connectivity index (χ2n) is 5.89. The van der Waals surface area contributed by atoms with Crippen molar-refractivity contribution in [3.05, 3.63) is 15.3 Å². The molecule has 0 atom stereocenters. The van der Waals surface area contributed by atoms with Crippen molar-refractivity contribution in [2.45, 2.75) is 16.0 Å². The smallest absolute Gasteiger partial charge is 0.349 e. The highest BCUT2D eigenvalue weighted by Crippen LogP contribution is 2.32. The average molecular weight is 449 g/mol. The fraction of sp³-hybridized carbons (Fsp3) is 0.615. The highest BCUT2D eigenvalue weighted by molar-refractivity contribution is 7.87. The highest BCUT2D eigenvalue weighted by atomic mass is 35.5. The number of thiophene rings is 1. The molecule has 0 bridgehead atoms. The second-order valence-corrected chi connectivity index (χ2v) is 9.16. The molecule has 0 aromatic carbocycles. The van der Waals surface area contributed by atoms with Gasteiger partial charge in [-0.05, 0) is 6.07 Å². The number of ether oxygens (including phenoxy) is 1. The average Bonchev–Trinajstić information content (AvgIpc) is 3.06. The molecular weight excluding hydrogens is 428 g/mol. The Balaban J connectivity index is 3.02. The lowest BCUT2D eigenvalue weighted by atomic mass is 10.1. The van der Waals surface area contributed by atoms with Crippen LogP contribution in [-0.4, -0.2) is 85.5 Å². The molecule has 0 unspecified atom stereocenters. The maximum Gasteiger partial charge on any atom is 0.349 e. The first-order chi connectivity index (χ1) is 12.5. The Kier molecular flexibility index (Phi) is 8.55. The lowest BCUT2D eigenvalue weighted by molar-refractivity contribution is 0.0210. The van der Waals surface area contributed by atoms with Crippen molar-refractivity contribution in [2.24, 2.45) is 11.5 Å². The molecule has 0 amide bonds. The molecule has 0 fully saturated rings. The van der Waals surface area contributed by atoms with Crippen LogP contribution in [-0.2, 0) is 19.0 Å². The van der Waals surface area contributed by atoms with E-state index in [-0.39, 0.29) is 4.34 Å². The van der Waals surface area contributed by atoms with Gasteiger partial charge in [-0.2, -0.15) is 8.42 Å². The van der Waals surface area contributed by atoms with Crippen LogP contribution < -0.4 is 11.5 Å². The lowest BCUT2D eigenvalue weighted by Crippen LogP contribution is -2.52. The minimum atomic E-state index is -4.54. The molecule has 8 N–H and O–H groups in total. The summed E-state index contributed by atoms with van der Waals surface area (Å²) in [5.74, 6) is -1.12. The highest BCUT2D eigenvalue weighted by Gasteiger charge is 2.33. The molecular formula is C13H21ClN2O9S2. The number of hydrogen-bond donors (Lipinski definition) is 6. The molecule has 0 saturated carbocycles. The van der Waals surface area contributed by atoms with Gasteiger partial charge in [0.15, 0.2) is 0 Å². The van der Waals surface area contributed by atoms with Gasteiger partial charge >= 0.3 is 5.97 Å². The number of carbonyl (C=O) groups excluding carboxylic acids is 1. The minimum Gasteiger partial charge on any atom is -0.459 e. The molecule has 0 aliphatic heterocycles. The number of aliphatic hydroxyl groups excluding tert-OH is 4. The summed E-state index contributed by atoms with van der Waals surface area (Å²) in [6.07, 6.45) is 0. The van der Waals surface area contributed by atoms with Crippen LogP contribution >= 0.6 is 22.9 Å². The molecule has 11 nitrogen and oxygen atoms in total. The Hall–Kier alpha value is -0.870. The van der Waals surface area contributed by atoms with Crippen molar-refractivity contribution in [1.29, 1.82) is 0 Å². The standard InChI is InChI=1S/C13H21ClN2O9S2/c14-9-1-8(27(22,23)25-7-13(16,4-19)5-20)10(26-9)11(21)24-6-12(15,2-17)3-18/h1,17-20H,2-7,15-16H2. The molecule has 0 aliphatic carbocycles. The summed E-state index contributed by atoms with van der Waals surface area (Å²) in [6, 6.07) is 0.960. The van der Waals surface area contributed by atoms with Gasteiger partial charge in [-0.3, -0.25) is 4.18 Å². The molecule has 1 aromatic rings. The zero-order valence-corrected chi connectivity index (χ0v) is 16.4. The van der Waals surface area contributed by atoms with Crippen molar-refractivity contribution in [3.63, 3.8) is 0 Å². The van der Waals surface area contributed by atoms with Crippen LogP contribution in [0.4, 0.5) is 0 Å². The molecule has 1 aromatic heterocycles. The molecule has 1 heterocycles. The maximum absolute atomic E-state index is 12.4. The van der Waals surface area contributed by atoms with Crippen molar-refractivity contribution in [1.82, 2.24) is 0 Å². The summed E-state index contributed by atoms with van der Waals surface area (Å²) in [5.41, 5.74) is 7.80. The summed E-state index contributed by atoms with van der Waals surface area (Å²) < 4.78 is 34.2. The SMILES string of the molecule is NC(CO)(CO)COC(=O)c1sc(Cl)cc1S(=O)(=O)OCC(N)(CO)CO. The Morgan fingerprint density at radius 3 is 2.04 bits per heavy atom. The van der Waals surface area contributed by atoms with Crippen molar-refractivity contribution in [3.8, 4) is 0 Å². The normalized spacial score (nSPS) is 13.0. The van der Waals surface area contributed by atoms with Crippen LogP contribution in [0.15, 0.2) is 11.0 Å². The van der Waals surface area contributed by atoms with Crippen molar-refractivity contribution >= 4 is 39.0 Å². The van der Waals surface area contributed by atoms with Crippen LogP contribution in [0.2, 0.25) is 4.34 Å². The largest absolute Gasteiger partial charge is 0.459 e. The summed E-state index contributed by atoms with van der Waals surface area (Å²) in [5, 5.41) is 36.3. The van der Waals surface area contributed by atoms with Gasteiger partial charge in [-0.1, -0.05) is 11.6 Å². The number of carbonyl (C=O) groups is 1. The number of halogens is 1. The van der Waals surface area contributed by atoms with E-state index in [1.54, 1.807) is 0 Å². The molecule has 0 radical (unpaired) electrons. The van der Waals surface area contributed by atoms with Gasteiger partial charge in [-0.25, -0.2) is 4.79 Å². The lowest BCUT2D eigenvalue weighted by Gasteiger charge is -2.24. The van der Waals surface area contributed by atoms with Crippen LogP contribution in [0, 0.1) is 0 Å². The fourth-order valence-electron chi connectivity index (χ4n) is 1.49. The molecule has 156 valence electrons. The second kappa shape index (κ2) is 9.56. The Morgan fingerprint density at radius 1 is 1.07 bits per heavy atom. The predicted molar refractivity (Wildman–Crippen MR) is 94.9 cm³/mol. The first-order valence-corrected chi connectivity index (χ1v) is 9.93. The van der Waals surface area contributed by atoms with E-state index in [1.807, 2.05) is 0 Å². The predicted octanol–water partition coefficient (Wildman–Crippen LogP) is -2.37. The van der Waals surface area contributed by atoms with E-state index in [4.69, 9.17) is 52.4 Å². The van der Waals surface area contributed by atoms with Crippen molar-refractivity contribution in [2.75, 3.05) is 39.6 Å². The quantitative estimate of drug-likeness (QED) is 0.156. The summed E-state index contributed by atoms with van der Waals surface area (Å²) in [4.78, 5) is 11.2. The fourth-order valence-corrected chi connectivity index (χ4v) is 4.16. The third kappa shape index (κ3) is 6.32. The number of hydrogen-bond acceptors (Lipinski definition) is 12. The Morgan fingerprint density at radius 2 is 1.56 bits per heavy atom. The number of nitrogens with two attached hydrogens (primary N) is 2. The monoisotopic (exact) mass is 448 g/mol. The summed E-state index contributed by atoms with van der Waals surface area (Å²) >= 11 is 6.38. The van der Waals surface area contributed by atoms with E-state index in [2.05, 4.69) is 0 Å². The van der Waals surface area contributed by atoms with Crippen LogP contribution in [0.25, 0.3) is 0 Å². The first-order valence-electron chi connectivity index (χ1n) is 7.33. The van der Waals surface area contributed by atoms with Crippen LogP contribution in [0.3, 0.4) is 0 Å².